The number of likely N-dealkylation sites (N-methyl/N-ethyl adjacent to an activating group) is 1. The van der Waals surface area contributed by atoms with Crippen LogP contribution in [0.4, 0.5) is 0 Å². The molecule has 4 nitrogen and oxygen atoms in total. The Morgan fingerprint density at radius 1 is 1.53 bits per heavy atom. The van der Waals surface area contributed by atoms with Crippen LogP contribution in [0, 0.1) is 0 Å². The third-order valence-corrected chi connectivity index (χ3v) is 3.70. The number of piperidine rings is 1. The molecule has 1 unspecified atom stereocenters. The molecule has 1 saturated heterocycles. The number of rotatable bonds is 5. The number of nitrogens with one attached hydrogen (secondary N) is 1. The molecule has 2 heterocycles. The molecule has 0 amide bonds. The Kier molecular flexibility index (Phi) is 4.57. The van der Waals surface area contributed by atoms with Crippen molar-refractivity contribution in [3.8, 4) is 0 Å². The number of imidazole rings is 1. The molecule has 1 N–H and O–H groups in total. The molecule has 0 saturated carbocycles. The second-order valence-electron chi connectivity index (χ2n) is 4.73. The van der Waals surface area contributed by atoms with Crippen LogP contribution in [-0.4, -0.2) is 40.1 Å². The molecule has 2 rings (SSSR count). The van der Waals surface area contributed by atoms with Gasteiger partial charge in [-0.25, -0.2) is 4.98 Å². The summed E-state index contributed by atoms with van der Waals surface area (Å²) in [5.74, 6) is 0. The predicted octanol–water partition coefficient (Wildman–Crippen LogP) is 1.48. The second kappa shape index (κ2) is 6.17. The molecule has 96 valence electrons. The first kappa shape index (κ1) is 12.6. The number of aromatic nitrogens is 2. The standard InChI is InChI=1S/C13H24N4/c1-3-16(12-6-5-7-14-8-12)10-13-9-15-11-17(13)4-2/h9,11-12,14H,3-8,10H2,1-2H3. The summed E-state index contributed by atoms with van der Waals surface area (Å²) in [6.07, 6.45) is 6.56. The van der Waals surface area contributed by atoms with Gasteiger partial charge in [-0.05, 0) is 32.9 Å². The molecule has 4 heteroatoms. The van der Waals surface area contributed by atoms with Crippen molar-refractivity contribution < 1.29 is 0 Å². The number of hydrogen-bond acceptors (Lipinski definition) is 3. The normalized spacial score (nSPS) is 21.0. The van der Waals surface area contributed by atoms with Gasteiger partial charge in [0.15, 0.2) is 0 Å². The first-order valence-corrected chi connectivity index (χ1v) is 6.79. The summed E-state index contributed by atoms with van der Waals surface area (Å²) in [5, 5.41) is 3.49. The molecule has 17 heavy (non-hydrogen) atoms. The molecule has 1 aromatic rings. The molecule has 1 aromatic heterocycles. The van der Waals surface area contributed by atoms with Gasteiger partial charge in [0, 0.05) is 31.9 Å². The lowest BCUT2D eigenvalue weighted by Gasteiger charge is -2.33. The van der Waals surface area contributed by atoms with Crippen LogP contribution in [0.25, 0.3) is 0 Å². The van der Waals surface area contributed by atoms with E-state index in [-0.39, 0.29) is 0 Å². The van der Waals surface area contributed by atoms with Crippen LogP contribution in [0.2, 0.25) is 0 Å². The van der Waals surface area contributed by atoms with E-state index in [9.17, 15) is 0 Å². The van der Waals surface area contributed by atoms with Crippen LogP contribution in [0.15, 0.2) is 12.5 Å². The van der Waals surface area contributed by atoms with Crippen LogP contribution in [0.1, 0.15) is 32.4 Å². The van der Waals surface area contributed by atoms with Crippen molar-refractivity contribution in [3.05, 3.63) is 18.2 Å². The van der Waals surface area contributed by atoms with Crippen molar-refractivity contribution in [1.82, 2.24) is 19.8 Å². The smallest absolute Gasteiger partial charge is 0.0948 e. The highest BCUT2D eigenvalue weighted by Gasteiger charge is 2.20. The summed E-state index contributed by atoms with van der Waals surface area (Å²) in [4.78, 5) is 6.81. The van der Waals surface area contributed by atoms with Gasteiger partial charge in [-0.1, -0.05) is 6.92 Å². The molecule has 1 fully saturated rings. The fourth-order valence-corrected chi connectivity index (χ4v) is 2.62. The molecule has 0 spiro atoms. The Balaban J connectivity index is 1.98. The zero-order chi connectivity index (χ0) is 12.1. The Hall–Kier alpha value is -0.870. The van der Waals surface area contributed by atoms with Crippen molar-refractivity contribution in [3.63, 3.8) is 0 Å². The lowest BCUT2D eigenvalue weighted by Crippen LogP contribution is -2.45. The monoisotopic (exact) mass is 236 g/mol. The highest BCUT2D eigenvalue weighted by Crippen LogP contribution is 2.14. The van der Waals surface area contributed by atoms with E-state index in [0.29, 0.717) is 6.04 Å². The van der Waals surface area contributed by atoms with Crippen molar-refractivity contribution in [2.75, 3.05) is 19.6 Å². The van der Waals surface area contributed by atoms with Crippen LogP contribution in [0.5, 0.6) is 0 Å². The van der Waals surface area contributed by atoms with Gasteiger partial charge in [0.1, 0.15) is 0 Å². The summed E-state index contributed by atoms with van der Waals surface area (Å²) in [6.45, 7) is 9.88. The molecule has 0 aliphatic carbocycles. The highest BCUT2D eigenvalue weighted by atomic mass is 15.2. The Morgan fingerprint density at radius 3 is 3.06 bits per heavy atom. The molecule has 1 atom stereocenters. The maximum absolute atomic E-state index is 4.25. The van der Waals surface area contributed by atoms with Gasteiger partial charge in [-0.15, -0.1) is 0 Å². The minimum atomic E-state index is 0.689. The SMILES string of the molecule is CCN(Cc1cncn1CC)C1CCCNC1. The zero-order valence-electron chi connectivity index (χ0n) is 11.0. The number of nitrogens with zero attached hydrogens (tertiary/aromatic N) is 3. The van der Waals surface area contributed by atoms with Gasteiger partial charge >= 0.3 is 0 Å². The molecule has 0 bridgehead atoms. The average Bonchev–Trinajstić information content (AvgIpc) is 2.84. The zero-order valence-corrected chi connectivity index (χ0v) is 11.0. The fourth-order valence-electron chi connectivity index (χ4n) is 2.62. The fraction of sp³-hybridized carbons (Fsp3) is 0.769. The van der Waals surface area contributed by atoms with E-state index in [1.165, 1.54) is 25.1 Å². The van der Waals surface area contributed by atoms with Crippen LogP contribution in [0.3, 0.4) is 0 Å². The molecule has 1 aliphatic heterocycles. The molecule has 0 radical (unpaired) electrons. The summed E-state index contributed by atoms with van der Waals surface area (Å²) >= 11 is 0. The minimum absolute atomic E-state index is 0.689. The largest absolute Gasteiger partial charge is 0.334 e. The van der Waals surface area contributed by atoms with Gasteiger partial charge in [-0.3, -0.25) is 4.90 Å². The van der Waals surface area contributed by atoms with Crippen LogP contribution < -0.4 is 5.32 Å². The summed E-state index contributed by atoms with van der Waals surface area (Å²) < 4.78 is 2.24. The molecular formula is C13H24N4. The Morgan fingerprint density at radius 2 is 2.41 bits per heavy atom. The van der Waals surface area contributed by atoms with E-state index in [4.69, 9.17) is 0 Å². The van der Waals surface area contributed by atoms with E-state index < -0.39 is 0 Å². The second-order valence-corrected chi connectivity index (χ2v) is 4.73. The predicted molar refractivity (Wildman–Crippen MR) is 69.9 cm³/mol. The summed E-state index contributed by atoms with van der Waals surface area (Å²) in [5.41, 5.74) is 1.33. The Labute approximate surface area is 104 Å². The lowest BCUT2D eigenvalue weighted by atomic mass is 10.1. The Bertz CT molecular complexity index is 328. The van der Waals surface area contributed by atoms with E-state index in [2.05, 4.69) is 33.6 Å². The van der Waals surface area contributed by atoms with E-state index in [0.717, 1.165) is 26.2 Å². The summed E-state index contributed by atoms with van der Waals surface area (Å²) in [6, 6.07) is 0.689. The topological polar surface area (TPSA) is 33.1 Å². The van der Waals surface area contributed by atoms with Crippen molar-refractivity contribution in [1.29, 1.82) is 0 Å². The van der Waals surface area contributed by atoms with Gasteiger partial charge in [0.2, 0.25) is 0 Å². The average molecular weight is 236 g/mol. The van der Waals surface area contributed by atoms with Crippen molar-refractivity contribution in [2.24, 2.45) is 0 Å². The molecular weight excluding hydrogens is 212 g/mol. The van der Waals surface area contributed by atoms with Gasteiger partial charge in [0.25, 0.3) is 0 Å². The first-order chi connectivity index (χ1) is 8.35. The quantitative estimate of drug-likeness (QED) is 0.840. The third kappa shape index (κ3) is 3.07. The summed E-state index contributed by atoms with van der Waals surface area (Å²) in [7, 11) is 0. The van der Waals surface area contributed by atoms with Gasteiger partial charge in [0.05, 0.1) is 12.0 Å². The maximum Gasteiger partial charge on any atom is 0.0948 e. The highest BCUT2D eigenvalue weighted by molar-refractivity contribution is 4.99. The first-order valence-electron chi connectivity index (χ1n) is 6.79. The van der Waals surface area contributed by atoms with Crippen LogP contribution in [-0.2, 0) is 13.1 Å². The third-order valence-electron chi connectivity index (χ3n) is 3.70. The number of hydrogen-bond donors (Lipinski definition) is 1. The van der Waals surface area contributed by atoms with Crippen molar-refractivity contribution in [2.45, 2.75) is 45.8 Å². The van der Waals surface area contributed by atoms with E-state index in [1.54, 1.807) is 0 Å². The maximum atomic E-state index is 4.25. The van der Waals surface area contributed by atoms with E-state index >= 15 is 0 Å². The van der Waals surface area contributed by atoms with Crippen molar-refractivity contribution >= 4 is 0 Å². The minimum Gasteiger partial charge on any atom is -0.334 e. The lowest BCUT2D eigenvalue weighted by molar-refractivity contribution is 0.162. The number of aryl methyl sites for hydroxylation is 1. The van der Waals surface area contributed by atoms with Gasteiger partial charge < -0.3 is 9.88 Å². The van der Waals surface area contributed by atoms with Crippen LogP contribution >= 0.6 is 0 Å². The van der Waals surface area contributed by atoms with Gasteiger partial charge in [-0.2, -0.15) is 0 Å². The van der Waals surface area contributed by atoms with E-state index in [1.807, 2.05) is 12.5 Å². The molecule has 0 aromatic carbocycles. The molecule has 1 aliphatic rings.